The first-order chi connectivity index (χ1) is 17.6. The molecule has 12 heteroatoms. The molecule has 37 heavy (non-hydrogen) atoms. The van der Waals surface area contributed by atoms with Crippen LogP contribution in [0.4, 0.5) is 19.0 Å². The van der Waals surface area contributed by atoms with Crippen LogP contribution in [-0.2, 0) is 17.5 Å². The summed E-state index contributed by atoms with van der Waals surface area (Å²) in [6.07, 6.45) is -2.31. The largest absolute Gasteiger partial charge is 0.418 e. The highest BCUT2D eigenvalue weighted by Crippen LogP contribution is 2.35. The average molecular weight is 553 g/mol. The SMILES string of the molecule is CC(CC(=O)c1cccc(CN2CCOCC2)c1)c1ncc(C(=O)Nc2cc(C(F)(F)F)c(Cl)cn2)s1. The molecule has 4 rings (SSSR count). The zero-order valence-electron chi connectivity index (χ0n) is 19.8. The Hall–Kier alpha value is -2.86. The van der Waals surface area contributed by atoms with Crippen molar-refractivity contribution in [2.75, 3.05) is 31.6 Å². The lowest BCUT2D eigenvalue weighted by Crippen LogP contribution is -2.35. The van der Waals surface area contributed by atoms with Crippen molar-refractivity contribution in [3.63, 3.8) is 0 Å². The molecule has 2 aromatic heterocycles. The number of pyridine rings is 1. The van der Waals surface area contributed by atoms with Crippen LogP contribution in [-0.4, -0.2) is 52.9 Å². The van der Waals surface area contributed by atoms with Crippen molar-refractivity contribution < 1.29 is 27.5 Å². The quantitative estimate of drug-likeness (QED) is 0.362. The molecule has 1 aliphatic rings. The fourth-order valence-electron chi connectivity index (χ4n) is 3.87. The third kappa shape index (κ3) is 7.13. The van der Waals surface area contributed by atoms with Crippen molar-refractivity contribution in [1.29, 1.82) is 0 Å². The standard InChI is InChI=1S/C25H24ClF3N4O3S/c1-15(9-20(34)17-4-2-3-16(10-17)14-33-5-7-36-8-6-33)24-31-13-21(37-24)23(35)32-22-11-18(25(27,28)29)19(26)12-30-22/h2-4,10-13,15H,5-9,14H2,1H3,(H,30,32,35). The van der Waals surface area contributed by atoms with E-state index in [1.807, 2.05) is 25.1 Å². The number of halogens is 4. The highest BCUT2D eigenvalue weighted by molar-refractivity contribution is 7.13. The molecule has 7 nitrogen and oxygen atoms in total. The lowest BCUT2D eigenvalue weighted by Gasteiger charge is -2.26. The molecule has 1 saturated heterocycles. The van der Waals surface area contributed by atoms with Crippen LogP contribution in [0.15, 0.2) is 42.7 Å². The molecule has 196 valence electrons. The predicted molar refractivity (Wildman–Crippen MR) is 134 cm³/mol. The smallest absolute Gasteiger partial charge is 0.379 e. The van der Waals surface area contributed by atoms with Gasteiger partial charge in [0.15, 0.2) is 5.78 Å². The Morgan fingerprint density at radius 3 is 2.68 bits per heavy atom. The number of hydrogen-bond donors (Lipinski definition) is 1. The van der Waals surface area contributed by atoms with E-state index in [-0.39, 0.29) is 28.8 Å². The lowest BCUT2D eigenvalue weighted by atomic mass is 9.98. The number of alkyl halides is 3. The molecule has 1 atom stereocenters. The molecule has 0 spiro atoms. The number of carbonyl (C=O) groups excluding carboxylic acids is 2. The molecule has 0 aliphatic carbocycles. The number of nitrogens with zero attached hydrogens (tertiary/aromatic N) is 3. The molecule has 1 N–H and O–H groups in total. The third-order valence-electron chi connectivity index (χ3n) is 5.82. The van der Waals surface area contributed by atoms with Crippen LogP contribution >= 0.6 is 22.9 Å². The number of Topliss-reactive ketones (excluding diaryl/α,β-unsaturated/α-hetero) is 1. The van der Waals surface area contributed by atoms with Crippen molar-refractivity contribution in [1.82, 2.24) is 14.9 Å². The normalized spacial score (nSPS) is 15.4. The van der Waals surface area contributed by atoms with Gasteiger partial charge in [-0.2, -0.15) is 13.2 Å². The summed E-state index contributed by atoms with van der Waals surface area (Å²) in [6, 6.07) is 8.23. The Balaban J connectivity index is 1.37. The number of amides is 1. The zero-order valence-corrected chi connectivity index (χ0v) is 21.4. The number of aromatic nitrogens is 2. The maximum atomic E-state index is 13.1. The number of nitrogens with one attached hydrogen (secondary N) is 1. The molecule has 1 amide bonds. The zero-order chi connectivity index (χ0) is 26.6. The van der Waals surface area contributed by atoms with E-state index in [1.54, 1.807) is 6.07 Å². The van der Waals surface area contributed by atoms with Crippen LogP contribution in [0, 0.1) is 0 Å². The van der Waals surface area contributed by atoms with E-state index in [1.165, 1.54) is 6.20 Å². The summed E-state index contributed by atoms with van der Waals surface area (Å²) in [4.78, 5) is 36.0. The summed E-state index contributed by atoms with van der Waals surface area (Å²) < 4.78 is 44.6. The van der Waals surface area contributed by atoms with E-state index in [4.69, 9.17) is 16.3 Å². The number of hydrogen-bond acceptors (Lipinski definition) is 7. The Bertz CT molecular complexity index is 1280. The van der Waals surface area contributed by atoms with Gasteiger partial charge in [-0.1, -0.05) is 36.7 Å². The van der Waals surface area contributed by atoms with Crippen LogP contribution in [0.2, 0.25) is 5.02 Å². The number of ketones is 1. The van der Waals surface area contributed by atoms with Gasteiger partial charge in [0.05, 0.1) is 35.0 Å². The number of benzene rings is 1. The Morgan fingerprint density at radius 2 is 1.95 bits per heavy atom. The van der Waals surface area contributed by atoms with Gasteiger partial charge in [0.2, 0.25) is 0 Å². The van der Waals surface area contributed by atoms with Gasteiger partial charge < -0.3 is 10.1 Å². The fourth-order valence-corrected chi connectivity index (χ4v) is 4.94. The maximum Gasteiger partial charge on any atom is 0.418 e. The van der Waals surface area contributed by atoms with Crippen molar-refractivity contribution in [2.24, 2.45) is 0 Å². The maximum absolute atomic E-state index is 13.1. The topological polar surface area (TPSA) is 84.4 Å². The van der Waals surface area contributed by atoms with Gasteiger partial charge in [-0.15, -0.1) is 11.3 Å². The summed E-state index contributed by atoms with van der Waals surface area (Å²) >= 11 is 6.65. The van der Waals surface area contributed by atoms with Gasteiger partial charge in [0, 0.05) is 43.7 Å². The Kier molecular flexibility index (Phi) is 8.58. The molecule has 1 unspecified atom stereocenters. The minimum absolute atomic E-state index is 0.0393. The summed E-state index contributed by atoms with van der Waals surface area (Å²) in [5, 5.41) is 2.35. The van der Waals surface area contributed by atoms with Gasteiger partial charge >= 0.3 is 6.18 Å². The van der Waals surface area contributed by atoms with Crippen LogP contribution in [0.25, 0.3) is 0 Å². The number of ether oxygens (including phenoxy) is 1. The third-order valence-corrected chi connectivity index (χ3v) is 7.35. The molecule has 3 heterocycles. The number of morpholine rings is 1. The summed E-state index contributed by atoms with van der Waals surface area (Å²) in [5.74, 6) is -1.23. The summed E-state index contributed by atoms with van der Waals surface area (Å²) in [6.45, 7) is 5.70. The minimum Gasteiger partial charge on any atom is -0.379 e. The highest BCUT2D eigenvalue weighted by Gasteiger charge is 2.34. The van der Waals surface area contributed by atoms with E-state index in [9.17, 15) is 22.8 Å². The monoisotopic (exact) mass is 552 g/mol. The first kappa shape index (κ1) is 27.2. The van der Waals surface area contributed by atoms with Crippen LogP contribution in [0.1, 0.15) is 55.4 Å². The number of carbonyl (C=O) groups is 2. The number of thiazole rings is 1. The van der Waals surface area contributed by atoms with Crippen molar-refractivity contribution in [3.05, 3.63) is 74.3 Å². The van der Waals surface area contributed by atoms with Crippen LogP contribution < -0.4 is 5.32 Å². The van der Waals surface area contributed by atoms with E-state index in [2.05, 4.69) is 20.2 Å². The summed E-state index contributed by atoms with van der Waals surface area (Å²) in [5.41, 5.74) is 0.574. The molecule has 0 saturated carbocycles. The van der Waals surface area contributed by atoms with Gasteiger partial charge in [0.1, 0.15) is 10.7 Å². The Labute approximate surface area is 220 Å². The van der Waals surface area contributed by atoms with E-state index in [0.29, 0.717) is 29.9 Å². The second-order valence-corrected chi connectivity index (χ2v) is 10.2. The van der Waals surface area contributed by atoms with Gasteiger partial charge in [-0.05, 0) is 17.7 Å². The van der Waals surface area contributed by atoms with Crippen LogP contribution in [0.5, 0.6) is 0 Å². The first-order valence-corrected chi connectivity index (χ1v) is 12.7. The lowest BCUT2D eigenvalue weighted by molar-refractivity contribution is -0.137. The molecular formula is C25H24ClF3N4O3S. The van der Waals surface area contributed by atoms with Gasteiger partial charge in [-0.25, -0.2) is 9.97 Å². The molecule has 0 radical (unpaired) electrons. The minimum atomic E-state index is -4.68. The molecule has 1 fully saturated rings. The van der Waals surface area contributed by atoms with Crippen molar-refractivity contribution in [3.8, 4) is 0 Å². The molecule has 1 aromatic carbocycles. The first-order valence-electron chi connectivity index (χ1n) is 11.5. The van der Waals surface area contributed by atoms with E-state index < -0.39 is 22.7 Å². The number of rotatable bonds is 8. The van der Waals surface area contributed by atoms with Crippen molar-refractivity contribution in [2.45, 2.75) is 32.0 Å². The molecule has 3 aromatic rings. The second kappa shape index (κ2) is 11.7. The average Bonchev–Trinajstić information content (AvgIpc) is 3.36. The fraction of sp³-hybridized carbons (Fsp3) is 0.360. The second-order valence-electron chi connectivity index (χ2n) is 8.68. The molecule has 0 bridgehead atoms. The highest BCUT2D eigenvalue weighted by atomic mass is 35.5. The predicted octanol–water partition coefficient (Wildman–Crippen LogP) is 5.67. The van der Waals surface area contributed by atoms with E-state index in [0.717, 1.165) is 42.7 Å². The Morgan fingerprint density at radius 1 is 1.19 bits per heavy atom. The van der Waals surface area contributed by atoms with Gasteiger partial charge in [0.25, 0.3) is 5.91 Å². The number of anilines is 1. The molecule has 1 aliphatic heterocycles. The van der Waals surface area contributed by atoms with E-state index >= 15 is 0 Å². The van der Waals surface area contributed by atoms with Gasteiger partial charge in [-0.3, -0.25) is 14.5 Å². The van der Waals surface area contributed by atoms with Crippen LogP contribution in [0.3, 0.4) is 0 Å². The van der Waals surface area contributed by atoms with Crippen molar-refractivity contribution >= 4 is 40.4 Å². The summed E-state index contributed by atoms with van der Waals surface area (Å²) in [7, 11) is 0. The molecular weight excluding hydrogens is 529 g/mol.